The highest BCUT2D eigenvalue weighted by atomic mass is 32.2. The van der Waals surface area contributed by atoms with E-state index in [0.717, 1.165) is 34.0 Å². The Morgan fingerprint density at radius 3 is 1.94 bits per heavy atom. The molecule has 1 aliphatic heterocycles. The van der Waals surface area contributed by atoms with Crippen molar-refractivity contribution < 1.29 is 0 Å². The summed E-state index contributed by atoms with van der Waals surface area (Å²) < 4.78 is 0. The number of hydrogen-bond acceptors (Lipinski definition) is 4. The van der Waals surface area contributed by atoms with Gasteiger partial charge in [0, 0.05) is 32.9 Å². The first-order valence-electron chi connectivity index (χ1n) is 18.5. The van der Waals surface area contributed by atoms with Crippen molar-refractivity contribution in [2.45, 2.75) is 74.5 Å². The molecule has 0 spiro atoms. The van der Waals surface area contributed by atoms with Crippen molar-refractivity contribution in [1.82, 2.24) is 15.2 Å². The minimum absolute atomic E-state index is 0.0263. The molecule has 0 unspecified atom stereocenters. The lowest BCUT2D eigenvalue weighted by molar-refractivity contribution is 0.585. The van der Waals surface area contributed by atoms with Crippen molar-refractivity contribution in [2.75, 3.05) is 4.90 Å². The monoisotopic (exact) mass is 708 g/mol. The van der Waals surface area contributed by atoms with Crippen molar-refractivity contribution >= 4 is 28.8 Å². The van der Waals surface area contributed by atoms with Crippen molar-refractivity contribution in [3.8, 4) is 22.4 Å². The van der Waals surface area contributed by atoms with Crippen LogP contribution in [0.1, 0.15) is 80.7 Å². The van der Waals surface area contributed by atoms with Gasteiger partial charge in [0.2, 0.25) is 0 Å². The number of H-pyrrole nitrogens is 1. The topological polar surface area (TPSA) is 44.8 Å². The first-order valence-corrected chi connectivity index (χ1v) is 19.3. The molecule has 0 radical (unpaired) electrons. The van der Waals surface area contributed by atoms with Gasteiger partial charge in [-0.2, -0.15) is 5.10 Å². The number of hydrogen-bond donors (Lipinski definition) is 1. The zero-order valence-corrected chi connectivity index (χ0v) is 32.3. The van der Waals surface area contributed by atoms with Crippen LogP contribution in [0.25, 0.3) is 22.4 Å². The Kier molecular flexibility index (Phi) is 7.62. The van der Waals surface area contributed by atoms with E-state index >= 15 is 0 Å². The smallest absolute Gasteiger partial charge is 0.0924 e. The fourth-order valence-corrected chi connectivity index (χ4v) is 9.25. The fourth-order valence-electron chi connectivity index (χ4n) is 8.21. The van der Waals surface area contributed by atoms with Crippen LogP contribution in [0.2, 0.25) is 0 Å². The quantitative estimate of drug-likeness (QED) is 0.198. The molecule has 5 heteroatoms. The van der Waals surface area contributed by atoms with E-state index in [-0.39, 0.29) is 10.8 Å². The molecule has 2 aliphatic rings. The van der Waals surface area contributed by atoms with Crippen LogP contribution < -0.4 is 4.90 Å². The lowest BCUT2D eigenvalue weighted by atomic mass is 9.68. The van der Waals surface area contributed by atoms with E-state index < -0.39 is 5.41 Å². The summed E-state index contributed by atoms with van der Waals surface area (Å²) in [5.41, 5.74) is 15.8. The molecule has 0 fully saturated rings. The summed E-state index contributed by atoms with van der Waals surface area (Å²) in [6, 6.07) is 47.5. The predicted molar refractivity (Wildman–Crippen MR) is 220 cm³/mol. The maximum absolute atomic E-state index is 5.23. The highest BCUT2D eigenvalue weighted by molar-refractivity contribution is 7.99. The van der Waals surface area contributed by atoms with Crippen LogP contribution in [-0.2, 0) is 16.2 Å². The number of aromatic amines is 1. The average molecular weight is 709 g/mol. The summed E-state index contributed by atoms with van der Waals surface area (Å²) in [5.74, 6) is 0. The summed E-state index contributed by atoms with van der Waals surface area (Å²) >= 11 is 1.82. The Hall–Kier alpha value is -5.39. The van der Waals surface area contributed by atoms with Gasteiger partial charge in [0.1, 0.15) is 0 Å². The number of fused-ring (bicyclic) bond motifs is 5. The van der Waals surface area contributed by atoms with Gasteiger partial charge in [-0.15, -0.1) is 0 Å². The Labute approximate surface area is 317 Å². The molecule has 2 aromatic heterocycles. The van der Waals surface area contributed by atoms with E-state index in [1.807, 2.05) is 30.9 Å². The van der Waals surface area contributed by atoms with Gasteiger partial charge < -0.3 is 4.90 Å². The molecule has 0 atom stereocenters. The summed E-state index contributed by atoms with van der Waals surface area (Å²) in [5, 5.41) is 7.75. The zero-order valence-electron chi connectivity index (χ0n) is 31.5. The SMILES string of the molecule is Cc1cc(-c2ccc3c(c2)N(c2cccc(C4(c5ccccn5)c5cc(C(C)(C)C)ccc5-c5ccc(C(C)(C)C)cc54)c2)c2ccccc2S3)n[nH]1. The molecule has 53 heavy (non-hydrogen) atoms. The Balaban J connectivity index is 1.34. The fraction of sp³-hybridized carbons (Fsp3) is 0.208. The zero-order chi connectivity index (χ0) is 36.7. The molecule has 0 saturated carbocycles. The lowest BCUT2D eigenvalue weighted by Crippen LogP contribution is -2.31. The van der Waals surface area contributed by atoms with E-state index in [4.69, 9.17) is 4.98 Å². The molecule has 9 rings (SSSR count). The Bertz CT molecular complexity index is 2470. The summed E-state index contributed by atoms with van der Waals surface area (Å²) in [4.78, 5) is 10.1. The van der Waals surface area contributed by atoms with Crippen LogP contribution in [0.3, 0.4) is 0 Å². The maximum atomic E-state index is 5.23. The molecular formula is C48H44N4S. The number of nitrogens with zero attached hydrogens (tertiary/aromatic N) is 3. The second-order valence-electron chi connectivity index (χ2n) is 16.6. The second kappa shape index (κ2) is 12.1. The van der Waals surface area contributed by atoms with E-state index in [9.17, 15) is 0 Å². The van der Waals surface area contributed by atoms with E-state index in [1.165, 1.54) is 54.4 Å². The molecule has 0 amide bonds. The third-order valence-electron chi connectivity index (χ3n) is 11.0. The normalized spacial score (nSPS) is 14.4. The Morgan fingerprint density at radius 1 is 0.623 bits per heavy atom. The van der Waals surface area contributed by atoms with Crippen LogP contribution >= 0.6 is 11.8 Å². The highest BCUT2D eigenvalue weighted by Crippen LogP contribution is 2.58. The molecule has 7 aromatic rings. The van der Waals surface area contributed by atoms with Gasteiger partial charge in [-0.25, -0.2) is 0 Å². The van der Waals surface area contributed by atoms with E-state index in [0.29, 0.717) is 0 Å². The van der Waals surface area contributed by atoms with Gasteiger partial charge in [-0.05, 0) is 111 Å². The molecule has 262 valence electrons. The van der Waals surface area contributed by atoms with Gasteiger partial charge in [0.05, 0.1) is 28.2 Å². The van der Waals surface area contributed by atoms with Gasteiger partial charge in [0.25, 0.3) is 0 Å². The molecule has 5 aromatic carbocycles. The average Bonchev–Trinajstić information content (AvgIpc) is 3.72. The van der Waals surface area contributed by atoms with Crippen molar-refractivity contribution in [3.63, 3.8) is 0 Å². The number of pyridine rings is 1. The molecule has 0 saturated heterocycles. The van der Waals surface area contributed by atoms with E-state index in [2.05, 4.69) is 178 Å². The maximum Gasteiger partial charge on any atom is 0.0924 e. The third kappa shape index (κ3) is 5.36. The summed E-state index contributed by atoms with van der Waals surface area (Å²) in [6.45, 7) is 15.9. The summed E-state index contributed by atoms with van der Waals surface area (Å²) in [7, 11) is 0. The first kappa shape index (κ1) is 33.4. The van der Waals surface area contributed by atoms with E-state index in [1.54, 1.807) is 0 Å². The highest BCUT2D eigenvalue weighted by Gasteiger charge is 2.48. The molecule has 3 heterocycles. The molecule has 0 bridgehead atoms. The summed E-state index contributed by atoms with van der Waals surface area (Å²) in [6.07, 6.45) is 1.95. The minimum atomic E-state index is -0.647. The van der Waals surface area contributed by atoms with Crippen LogP contribution in [0.5, 0.6) is 0 Å². The number of benzene rings is 5. The van der Waals surface area contributed by atoms with Crippen LogP contribution in [0.15, 0.2) is 143 Å². The molecular weight excluding hydrogens is 665 g/mol. The van der Waals surface area contributed by atoms with Crippen molar-refractivity contribution in [3.05, 3.63) is 173 Å². The number of para-hydroxylation sites is 1. The van der Waals surface area contributed by atoms with Crippen LogP contribution in [-0.4, -0.2) is 15.2 Å². The minimum Gasteiger partial charge on any atom is -0.308 e. The number of aryl methyl sites for hydroxylation is 1. The van der Waals surface area contributed by atoms with Gasteiger partial charge >= 0.3 is 0 Å². The molecule has 4 nitrogen and oxygen atoms in total. The molecule has 1 N–H and O–H groups in total. The van der Waals surface area contributed by atoms with Gasteiger partial charge in [0.15, 0.2) is 0 Å². The number of anilines is 3. The number of aromatic nitrogens is 3. The van der Waals surface area contributed by atoms with Crippen molar-refractivity contribution in [2.24, 2.45) is 0 Å². The third-order valence-corrected chi connectivity index (χ3v) is 12.1. The number of rotatable bonds is 4. The second-order valence-corrected chi connectivity index (χ2v) is 17.6. The van der Waals surface area contributed by atoms with Crippen LogP contribution in [0, 0.1) is 6.92 Å². The van der Waals surface area contributed by atoms with Crippen molar-refractivity contribution in [1.29, 1.82) is 0 Å². The lowest BCUT2D eigenvalue weighted by Gasteiger charge is -2.37. The van der Waals surface area contributed by atoms with Gasteiger partial charge in [-0.1, -0.05) is 126 Å². The number of nitrogens with one attached hydrogen (secondary N) is 1. The standard InChI is InChI=1S/C48H44N4S/c1-30-25-40(51-50-30)31-18-23-44-42(26-31)52(41-15-8-9-16-43(41)53-44)35-14-12-13-34(27-35)48(45-17-10-11-24-49-45)38-28-32(46(2,3)4)19-21-36(38)37-22-20-33(29-39(37)48)47(5,6)7/h8-29H,1-7H3,(H,50,51). The molecule has 1 aliphatic carbocycles. The van der Waals surface area contributed by atoms with Gasteiger partial charge in [-0.3, -0.25) is 10.1 Å². The van der Waals surface area contributed by atoms with Crippen LogP contribution in [0.4, 0.5) is 17.1 Å². The predicted octanol–water partition coefficient (Wildman–Crippen LogP) is 12.7. The largest absolute Gasteiger partial charge is 0.308 e. The Morgan fingerprint density at radius 2 is 1.30 bits per heavy atom. The first-order chi connectivity index (χ1) is 25.4.